The molecule has 6 aromatic rings. The molecule has 0 unspecified atom stereocenters. The molecule has 3 aromatic carbocycles. The fourth-order valence-corrected chi connectivity index (χ4v) is 4.53. The Labute approximate surface area is 226 Å². The van der Waals surface area contributed by atoms with E-state index in [9.17, 15) is 0 Å². The third-order valence-electron chi connectivity index (χ3n) is 6.09. The van der Waals surface area contributed by atoms with Crippen molar-refractivity contribution >= 4 is 45.1 Å². The maximum absolute atomic E-state index is 6.24. The number of para-hydroxylation sites is 1. The molecule has 178 valence electrons. The third-order valence-corrected chi connectivity index (χ3v) is 6.09. The molecule has 7 nitrogen and oxygen atoms in total. The molecule has 0 N–H and O–H groups in total. The van der Waals surface area contributed by atoms with Crippen molar-refractivity contribution in [3.63, 3.8) is 0 Å². The van der Waals surface area contributed by atoms with Crippen LogP contribution in [0.1, 0.15) is 0 Å². The van der Waals surface area contributed by atoms with Gasteiger partial charge in [-0.15, -0.1) is 38.8 Å². The van der Waals surface area contributed by atoms with E-state index in [2.05, 4.69) is 55.9 Å². The van der Waals surface area contributed by atoms with Crippen molar-refractivity contribution in [1.29, 1.82) is 0 Å². The topological polar surface area (TPSA) is 58.9 Å². The smallest absolute Gasteiger partial charge is 0.509 e. The monoisotopic (exact) mass is 661 g/mol. The zero-order chi connectivity index (χ0) is 24.1. The van der Waals surface area contributed by atoms with E-state index in [4.69, 9.17) is 4.74 Å². The average Bonchev–Trinajstić information content (AvgIpc) is 3.44. The molecule has 0 amide bonds. The first-order valence-corrected chi connectivity index (χ1v) is 11.4. The number of aromatic nitrogens is 4. The molecular formula is C29H18N6OPt+2. The molecule has 0 atom stereocenters. The first-order chi connectivity index (χ1) is 17.8. The summed E-state index contributed by atoms with van der Waals surface area (Å²) in [7, 11) is 1.89. The molecule has 1 aliphatic heterocycles. The predicted molar refractivity (Wildman–Crippen MR) is 137 cm³/mol. The second-order valence-corrected chi connectivity index (χ2v) is 8.33. The van der Waals surface area contributed by atoms with Crippen LogP contribution >= 0.6 is 0 Å². The van der Waals surface area contributed by atoms with E-state index in [0.717, 1.165) is 39.1 Å². The number of ether oxygens (including phenoxy) is 1. The molecular weight excluding hydrogens is 643 g/mol. The van der Waals surface area contributed by atoms with Gasteiger partial charge < -0.3 is 9.30 Å². The van der Waals surface area contributed by atoms with E-state index in [0.29, 0.717) is 17.3 Å². The molecule has 0 fully saturated rings. The van der Waals surface area contributed by atoms with Crippen molar-refractivity contribution in [2.75, 3.05) is 7.05 Å². The number of rotatable bonds is 4. The van der Waals surface area contributed by atoms with E-state index >= 15 is 0 Å². The second-order valence-electron chi connectivity index (χ2n) is 8.33. The van der Waals surface area contributed by atoms with E-state index in [1.807, 2.05) is 70.8 Å². The zero-order valence-electron chi connectivity index (χ0n) is 19.6. The van der Waals surface area contributed by atoms with Crippen LogP contribution in [0.15, 0.2) is 91.4 Å². The number of fused-ring (bicyclic) bond motifs is 4. The first-order valence-electron chi connectivity index (χ1n) is 11.4. The Bertz CT molecular complexity index is 1870. The summed E-state index contributed by atoms with van der Waals surface area (Å²) in [6.45, 7) is 0. The minimum Gasteiger partial charge on any atom is -0.509 e. The van der Waals surface area contributed by atoms with Crippen LogP contribution in [0.3, 0.4) is 0 Å². The molecule has 0 saturated carbocycles. The van der Waals surface area contributed by atoms with Crippen LogP contribution in [-0.2, 0) is 21.1 Å². The van der Waals surface area contributed by atoms with Crippen LogP contribution in [0.5, 0.6) is 11.5 Å². The normalized spacial score (nSPS) is 12.1. The Morgan fingerprint density at radius 3 is 2.43 bits per heavy atom. The standard InChI is InChI=1S/C29H18N6O.Pt/c1-33-19-34(29-28(33)31-15-16-32-29)20-7-6-8-21(17-20)36-22-12-13-24-23-9-2-3-10-25(23)35(26(24)18-22)27-11-4-5-14-30-27;/h2-16H,1H3;/q;+2. The van der Waals surface area contributed by atoms with Gasteiger partial charge in [-0.05, 0) is 23.6 Å². The fraction of sp³-hybridized carbons (Fsp3) is 0.0345. The first kappa shape index (κ1) is 23.0. The Morgan fingerprint density at radius 2 is 1.57 bits per heavy atom. The molecule has 0 aliphatic carbocycles. The van der Waals surface area contributed by atoms with E-state index in [1.54, 1.807) is 18.6 Å². The Morgan fingerprint density at radius 1 is 0.757 bits per heavy atom. The maximum Gasteiger partial charge on any atom is 2.00 e. The molecule has 0 saturated heterocycles. The van der Waals surface area contributed by atoms with Crippen molar-refractivity contribution in [3.8, 4) is 17.3 Å². The Hall–Kier alpha value is -4.44. The predicted octanol–water partition coefficient (Wildman–Crippen LogP) is 5.65. The van der Waals surface area contributed by atoms with Gasteiger partial charge in [-0.3, -0.25) is 0 Å². The summed E-state index contributed by atoms with van der Waals surface area (Å²) >= 11 is 0. The quantitative estimate of drug-likeness (QED) is 0.181. The molecule has 7 rings (SSSR count). The summed E-state index contributed by atoms with van der Waals surface area (Å²) in [6, 6.07) is 33.9. The minimum atomic E-state index is 0. The maximum atomic E-state index is 6.24. The summed E-state index contributed by atoms with van der Waals surface area (Å²) < 4.78 is 12.0. The Balaban J connectivity index is 0.00000252. The van der Waals surface area contributed by atoms with Gasteiger partial charge in [0.2, 0.25) is 0 Å². The van der Waals surface area contributed by atoms with Crippen LogP contribution in [-0.4, -0.2) is 37.2 Å². The van der Waals surface area contributed by atoms with Crippen molar-refractivity contribution in [3.05, 3.63) is 104 Å². The molecule has 0 spiro atoms. The number of pyridine rings is 1. The summed E-state index contributed by atoms with van der Waals surface area (Å²) in [5.41, 5.74) is 2.72. The molecule has 8 heteroatoms. The SMILES string of the molecule is C[N+]1=C=[N+](c2[c-]c(Oc3[c-]c4c(cc3)c3ccccc3n4-c3ccccn3)ccc2)c2nccnc21.[Pt+2]. The summed E-state index contributed by atoms with van der Waals surface area (Å²) in [4.78, 5) is 13.4. The van der Waals surface area contributed by atoms with Gasteiger partial charge in [0.1, 0.15) is 12.9 Å². The number of nitrogens with zero attached hydrogens (tertiary/aromatic N) is 6. The number of benzene rings is 3. The van der Waals surface area contributed by atoms with E-state index < -0.39 is 0 Å². The molecule has 1 aliphatic rings. The van der Waals surface area contributed by atoms with Crippen molar-refractivity contribution in [1.82, 2.24) is 24.1 Å². The van der Waals surface area contributed by atoms with Crippen molar-refractivity contribution < 1.29 is 30.4 Å². The molecule has 3 aromatic heterocycles. The van der Waals surface area contributed by atoms with Crippen LogP contribution in [0.25, 0.3) is 27.6 Å². The van der Waals surface area contributed by atoms with Gasteiger partial charge in [0.15, 0.2) is 6.20 Å². The molecule has 0 radical (unpaired) electrons. The molecule has 0 bridgehead atoms. The zero-order valence-corrected chi connectivity index (χ0v) is 21.8. The van der Waals surface area contributed by atoms with E-state index in [-0.39, 0.29) is 21.1 Å². The van der Waals surface area contributed by atoms with Gasteiger partial charge in [0.25, 0.3) is 0 Å². The van der Waals surface area contributed by atoms with Crippen LogP contribution in [0, 0.1) is 12.1 Å². The van der Waals surface area contributed by atoms with Crippen LogP contribution < -0.4 is 9.31 Å². The minimum absolute atomic E-state index is 0. The van der Waals surface area contributed by atoms with Crippen molar-refractivity contribution in [2.45, 2.75) is 0 Å². The van der Waals surface area contributed by atoms with Crippen LogP contribution in [0.4, 0.5) is 17.3 Å². The average molecular weight is 662 g/mol. The third kappa shape index (κ3) is 3.86. The fourth-order valence-electron chi connectivity index (χ4n) is 4.53. The van der Waals surface area contributed by atoms with E-state index in [1.165, 1.54) is 0 Å². The summed E-state index contributed by atoms with van der Waals surface area (Å²) in [6.07, 6.45) is 5.13. The summed E-state index contributed by atoms with van der Waals surface area (Å²) in [5.74, 6) is 3.40. The van der Waals surface area contributed by atoms with Gasteiger partial charge in [-0.1, -0.05) is 35.8 Å². The van der Waals surface area contributed by atoms with Gasteiger partial charge in [0.05, 0.1) is 11.9 Å². The van der Waals surface area contributed by atoms with Gasteiger partial charge in [-0.25, -0.2) is 4.98 Å². The molecule has 4 heterocycles. The van der Waals surface area contributed by atoms with Crippen LogP contribution in [0.2, 0.25) is 0 Å². The van der Waals surface area contributed by atoms with Gasteiger partial charge in [-0.2, -0.15) is 17.1 Å². The summed E-state index contributed by atoms with van der Waals surface area (Å²) in [5, 5.41) is 2.22. The number of hydrogen-bond acceptors (Lipinski definition) is 4. The number of hydrogen-bond donors (Lipinski definition) is 0. The van der Waals surface area contributed by atoms with Gasteiger partial charge in [0, 0.05) is 28.2 Å². The Kier molecular flexibility index (Phi) is 5.72. The van der Waals surface area contributed by atoms with Crippen molar-refractivity contribution in [2.24, 2.45) is 0 Å². The molecule has 37 heavy (non-hydrogen) atoms. The van der Waals surface area contributed by atoms with Gasteiger partial charge >= 0.3 is 38.7 Å². The largest absolute Gasteiger partial charge is 2.00 e. The second kappa shape index (κ2) is 9.21.